The minimum atomic E-state index is -4.33. The summed E-state index contributed by atoms with van der Waals surface area (Å²) >= 11 is 0. The minimum absolute atomic E-state index is 0.111. The smallest absolute Gasteiger partial charge is 0.271 e. The fraction of sp³-hybridized carbons (Fsp3) is 0.0476. The van der Waals surface area contributed by atoms with Crippen LogP contribution in [-0.4, -0.2) is 32.0 Å². The van der Waals surface area contributed by atoms with E-state index in [4.69, 9.17) is 0 Å². The number of sulfonamides is 1. The van der Waals surface area contributed by atoms with E-state index in [9.17, 15) is 27.7 Å². The number of benzene rings is 3. The molecule has 32 heavy (non-hydrogen) atoms. The second kappa shape index (κ2) is 9.79. The maximum atomic E-state index is 13.7. The molecule has 0 unspecified atom stereocenters. The van der Waals surface area contributed by atoms with Crippen LogP contribution >= 0.6 is 0 Å². The molecule has 0 saturated carbocycles. The lowest BCUT2D eigenvalue weighted by Crippen LogP contribution is -2.39. The highest BCUT2D eigenvalue weighted by Crippen LogP contribution is 2.31. The number of para-hydroxylation sites is 2. The third-order valence-corrected chi connectivity index (χ3v) is 6.04. The summed E-state index contributed by atoms with van der Waals surface area (Å²) in [6.45, 7) is -0.795. The highest BCUT2D eigenvalue weighted by Gasteiger charge is 2.31. The van der Waals surface area contributed by atoms with Crippen LogP contribution in [0.1, 0.15) is 5.56 Å². The second-order valence-electron chi connectivity index (χ2n) is 6.39. The van der Waals surface area contributed by atoms with Crippen molar-refractivity contribution in [2.24, 2.45) is 5.10 Å². The third-order valence-electron chi connectivity index (χ3n) is 4.26. The van der Waals surface area contributed by atoms with Crippen LogP contribution in [0.2, 0.25) is 0 Å². The Labute approximate surface area is 183 Å². The molecule has 11 heteroatoms. The number of hydrogen-bond acceptors (Lipinski definition) is 6. The number of amides is 1. The van der Waals surface area contributed by atoms with Crippen molar-refractivity contribution < 1.29 is 22.5 Å². The normalized spacial score (nSPS) is 11.3. The third kappa shape index (κ3) is 5.13. The van der Waals surface area contributed by atoms with Gasteiger partial charge in [-0.05, 0) is 24.3 Å². The Bertz CT molecular complexity index is 1270. The van der Waals surface area contributed by atoms with Gasteiger partial charge in [0.1, 0.15) is 18.0 Å². The van der Waals surface area contributed by atoms with Crippen molar-refractivity contribution in [3.05, 3.63) is 100 Å². The maximum Gasteiger partial charge on any atom is 0.293 e. The Hall–Kier alpha value is -4.12. The molecule has 1 N–H and O–H groups in total. The Kier molecular flexibility index (Phi) is 6.90. The highest BCUT2D eigenvalue weighted by molar-refractivity contribution is 7.92. The van der Waals surface area contributed by atoms with Crippen molar-refractivity contribution in [1.29, 1.82) is 0 Å². The summed E-state index contributed by atoms with van der Waals surface area (Å²) in [5.74, 6) is -1.44. The minimum Gasteiger partial charge on any atom is -0.271 e. The van der Waals surface area contributed by atoms with Gasteiger partial charge in [0.05, 0.1) is 16.0 Å². The van der Waals surface area contributed by atoms with Gasteiger partial charge >= 0.3 is 0 Å². The Morgan fingerprint density at radius 2 is 1.66 bits per heavy atom. The number of nitrogens with zero attached hydrogens (tertiary/aromatic N) is 3. The van der Waals surface area contributed by atoms with Crippen molar-refractivity contribution in [2.45, 2.75) is 4.90 Å². The highest BCUT2D eigenvalue weighted by atomic mass is 32.2. The number of nitrogens with one attached hydrogen (secondary N) is 1. The molecule has 0 bridgehead atoms. The maximum absolute atomic E-state index is 13.7. The van der Waals surface area contributed by atoms with E-state index in [1.807, 2.05) is 0 Å². The van der Waals surface area contributed by atoms with Crippen LogP contribution in [0.3, 0.4) is 0 Å². The number of hydrazone groups is 1. The average Bonchev–Trinajstić information content (AvgIpc) is 2.79. The Morgan fingerprint density at radius 3 is 2.34 bits per heavy atom. The van der Waals surface area contributed by atoms with Gasteiger partial charge in [-0.15, -0.1) is 0 Å². The molecule has 3 rings (SSSR count). The van der Waals surface area contributed by atoms with Gasteiger partial charge in [0, 0.05) is 11.6 Å². The topological polar surface area (TPSA) is 122 Å². The molecule has 9 nitrogen and oxygen atoms in total. The first-order chi connectivity index (χ1) is 15.3. The zero-order valence-corrected chi connectivity index (χ0v) is 17.3. The van der Waals surface area contributed by atoms with E-state index in [2.05, 4.69) is 10.5 Å². The Morgan fingerprint density at radius 1 is 1.03 bits per heavy atom. The summed E-state index contributed by atoms with van der Waals surface area (Å²) in [5, 5.41) is 15.1. The molecule has 3 aromatic rings. The SMILES string of the molecule is O=C(CN(c1ccccc1[N+](=O)[O-])S(=O)(=O)c1ccccc1)N/N=C\c1ccccc1F. The average molecular weight is 456 g/mol. The van der Waals surface area contributed by atoms with E-state index in [1.54, 1.807) is 12.1 Å². The van der Waals surface area contributed by atoms with Gasteiger partial charge in [-0.25, -0.2) is 22.5 Å². The van der Waals surface area contributed by atoms with E-state index in [0.29, 0.717) is 4.31 Å². The molecule has 0 aliphatic heterocycles. The summed E-state index contributed by atoms with van der Waals surface area (Å²) in [5.41, 5.74) is 1.46. The first-order valence-corrected chi connectivity index (χ1v) is 10.6. The first kappa shape index (κ1) is 22.6. The lowest BCUT2D eigenvalue weighted by molar-refractivity contribution is -0.384. The number of nitro groups is 1. The molecule has 0 aliphatic rings. The monoisotopic (exact) mass is 456 g/mol. The molecule has 0 radical (unpaired) electrons. The van der Waals surface area contributed by atoms with Gasteiger partial charge in [0.2, 0.25) is 0 Å². The number of hydrogen-bond donors (Lipinski definition) is 1. The molecule has 0 spiro atoms. The molecule has 164 valence electrons. The van der Waals surface area contributed by atoms with Crippen LogP contribution in [0.25, 0.3) is 0 Å². The van der Waals surface area contributed by atoms with Crippen molar-refractivity contribution >= 4 is 33.5 Å². The second-order valence-corrected chi connectivity index (χ2v) is 8.25. The summed E-state index contributed by atoms with van der Waals surface area (Å²) < 4.78 is 40.7. The zero-order chi connectivity index (χ0) is 23.1. The number of halogens is 1. The van der Waals surface area contributed by atoms with Crippen molar-refractivity contribution in [1.82, 2.24) is 5.43 Å². The van der Waals surface area contributed by atoms with E-state index in [0.717, 1.165) is 12.3 Å². The zero-order valence-electron chi connectivity index (χ0n) is 16.5. The van der Waals surface area contributed by atoms with Crippen LogP contribution in [0.5, 0.6) is 0 Å². The van der Waals surface area contributed by atoms with Gasteiger partial charge in [-0.1, -0.05) is 48.5 Å². The summed E-state index contributed by atoms with van der Waals surface area (Å²) in [4.78, 5) is 23.0. The molecule has 3 aromatic carbocycles. The summed E-state index contributed by atoms with van der Waals surface area (Å²) in [6.07, 6.45) is 1.06. The van der Waals surface area contributed by atoms with Gasteiger partial charge in [-0.2, -0.15) is 5.10 Å². The van der Waals surface area contributed by atoms with Crippen LogP contribution in [-0.2, 0) is 14.8 Å². The molecule has 0 atom stereocenters. The van der Waals surface area contributed by atoms with Gasteiger partial charge in [0.25, 0.3) is 21.6 Å². The Balaban J connectivity index is 1.92. The lowest BCUT2D eigenvalue weighted by Gasteiger charge is -2.23. The first-order valence-electron chi connectivity index (χ1n) is 9.18. The number of rotatable bonds is 8. The fourth-order valence-corrected chi connectivity index (χ4v) is 4.22. The number of nitro benzene ring substituents is 1. The fourth-order valence-electron chi connectivity index (χ4n) is 2.77. The number of carbonyl (C=O) groups excluding carboxylic acids is 1. The standard InChI is InChI=1S/C21H17FN4O5S/c22-18-11-5-4-8-16(18)14-23-24-21(27)15-25(19-12-6-7-13-20(19)26(28)29)32(30,31)17-9-2-1-3-10-17/h1-14H,15H2,(H,24,27)/b23-14-. The van der Waals surface area contributed by atoms with Crippen LogP contribution in [0.15, 0.2) is 88.9 Å². The molecular formula is C21H17FN4O5S. The van der Waals surface area contributed by atoms with E-state index in [-0.39, 0.29) is 16.1 Å². The number of anilines is 1. The number of carbonyl (C=O) groups is 1. The predicted octanol–water partition coefficient (Wildman–Crippen LogP) is 3.08. The van der Waals surface area contributed by atoms with E-state index < -0.39 is 38.9 Å². The molecule has 0 saturated heterocycles. The van der Waals surface area contributed by atoms with Gasteiger partial charge < -0.3 is 0 Å². The molecule has 0 aromatic heterocycles. The largest absolute Gasteiger partial charge is 0.293 e. The van der Waals surface area contributed by atoms with Crippen LogP contribution in [0.4, 0.5) is 15.8 Å². The summed E-state index contributed by atoms with van der Waals surface area (Å²) in [6, 6.07) is 18.1. The van der Waals surface area contributed by atoms with Gasteiger partial charge in [0.15, 0.2) is 0 Å². The summed E-state index contributed by atoms with van der Waals surface area (Å²) in [7, 11) is -4.33. The molecule has 0 aliphatic carbocycles. The van der Waals surface area contributed by atoms with Crippen molar-refractivity contribution in [2.75, 3.05) is 10.8 Å². The molecule has 1 amide bonds. The van der Waals surface area contributed by atoms with Crippen LogP contribution < -0.4 is 9.73 Å². The van der Waals surface area contributed by atoms with E-state index >= 15 is 0 Å². The van der Waals surface area contributed by atoms with Crippen molar-refractivity contribution in [3.8, 4) is 0 Å². The predicted molar refractivity (Wildman–Crippen MR) is 116 cm³/mol. The molecular weight excluding hydrogens is 439 g/mol. The van der Waals surface area contributed by atoms with Crippen LogP contribution in [0, 0.1) is 15.9 Å². The van der Waals surface area contributed by atoms with Gasteiger partial charge in [-0.3, -0.25) is 14.9 Å². The van der Waals surface area contributed by atoms with E-state index in [1.165, 1.54) is 60.7 Å². The van der Waals surface area contributed by atoms with Crippen molar-refractivity contribution in [3.63, 3.8) is 0 Å². The molecule has 0 heterocycles. The quantitative estimate of drug-likeness (QED) is 0.317. The molecule has 0 fully saturated rings. The lowest BCUT2D eigenvalue weighted by atomic mass is 10.2.